The Labute approximate surface area is 194 Å². The number of halogens is 1. The fourth-order valence-corrected chi connectivity index (χ4v) is 4.40. The van der Waals surface area contributed by atoms with Crippen molar-refractivity contribution in [2.45, 2.75) is 24.3 Å². The highest BCUT2D eigenvalue weighted by Crippen LogP contribution is 2.44. The molecule has 7 nitrogen and oxygen atoms in total. The molecular formula is C26H21FN2O5. The molecule has 5 rings (SSSR count). The minimum atomic E-state index is -1.31. The van der Waals surface area contributed by atoms with Crippen LogP contribution < -0.4 is 10.6 Å². The highest BCUT2D eigenvalue weighted by molar-refractivity contribution is 6.02. The predicted molar refractivity (Wildman–Crippen MR) is 122 cm³/mol. The van der Waals surface area contributed by atoms with Crippen LogP contribution in [0.15, 0.2) is 66.7 Å². The van der Waals surface area contributed by atoms with Gasteiger partial charge >= 0.3 is 12.1 Å². The number of nitrogens with one attached hydrogen (secondary N) is 2. The number of amides is 2. The summed E-state index contributed by atoms with van der Waals surface area (Å²) in [4.78, 5) is 36.5. The molecule has 3 aromatic carbocycles. The van der Waals surface area contributed by atoms with E-state index in [1.165, 1.54) is 0 Å². The summed E-state index contributed by atoms with van der Waals surface area (Å²) in [5.74, 6) is -2.76. The number of alkyl carbamates (subject to hydrolysis) is 1. The average Bonchev–Trinajstić information content (AvgIpc) is 3.53. The number of hydrogen-bond acceptors (Lipinski definition) is 4. The van der Waals surface area contributed by atoms with Gasteiger partial charge in [-0.3, -0.25) is 4.79 Å². The van der Waals surface area contributed by atoms with Gasteiger partial charge in [0, 0.05) is 11.6 Å². The Hall–Kier alpha value is -4.20. The summed E-state index contributed by atoms with van der Waals surface area (Å²) in [5.41, 5.74) is 2.93. The Bertz CT molecular complexity index is 1270. The van der Waals surface area contributed by atoms with Gasteiger partial charge in [-0.05, 0) is 53.3 Å². The smallest absolute Gasteiger partial charge is 0.408 e. The van der Waals surface area contributed by atoms with Crippen LogP contribution in [0.25, 0.3) is 11.1 Å². The Morgan fingerprint density at radius 3 is 2.18 bits per heavy atom. The summed E-state index contributed by atoms with van der Waals surface area (Å²) >= 11 is 0. The molecule has 3 aromatic rings. The number of benzene rings is 3. The van der Waals surface area contributed by atoms with Gasteiger partial charge in [-0.2, -0.15) is 0 Å². The van der Waals surface area contributed by atoms with E-state index in [0.717, 1.165) is 40.5 Å². The number of hydrogen-bond donors (Lipinski definition) is 3. The molecule has 0 bridgehead atoms. The molecule has 0 aliphatic heterocycles. The standard InChI is InChI=1S/C26H21FN2O5/c27-16-11-15(23(30)31)12-17(13-16)28-24(32)26(9-10-26)29-25(33)34-14-22-20-7-3-1-5-18(20)19-6-2-4-8-21(19)22/h1-8,11-13,22H,9-10,14H2,(H,28,32)(H,29,33)(H,30,31). The highest BCUT2D eigenvalue weighted by Gasteiger charge is 2.52. The lowest BCUT2D eigenvalue weighted by Gasteiger charge is -2.19. The fraction of sp³-hybridized carbons (Fsp3) is 0.192. The quantitative estimate of drug-likeness (QED) is 0.501. The number of aromatic carboxylic acids is 1. The number of carbonyl (C=O) groups is 3. The Morgan fingerprint density at radius 1 is 0.971 bits per heavy atom. The molecule has 0 spiro atoms. The van der Waals surface area contributed by atoms with E-state index in [0.29, 0.717) is 12.8 Å². The zero-order valence-electron chi connectivity index (χ0n) is 18.0. The van der Waals surface area contributed by atoms with E-state index in [9.17, 15) is 18.8 Å². The summed E-state index contributed by atoms with van der Waals surface area (Å²) in [6, 6.07) is 19.0. The molecule has 2 aliphatic carbocycles. The maximum Gasteiger partial charge on any atom is 0.408 e. The van der Waals surface area contributed by atoms with Crippen LogP contribution in [-0.2, 0) is 9.53 Å². The van der Waals surface area contributed by atoms with E-state index in [4.69, 9.17) is 9.84 Å². The molecule has 8 heteroatoms. The van der Waals surface area contributed by atoms with Crippen molar-refractivity contribution in [2.24, 2.45) is 0 Å². The van der Waals surface area contributed by atoms with Crippen molar-refractivity contribution in [3.63, 3.8) is 0 Å². The first-order valence-corrected chi connectivity index (χ1v) is 10.8. The maximum atomic E-state index is 13.7. The average molecular weight is 460 g/mol. The van der Waals surface area contributed by atoms with Crippen molar-refractivity contribution in [3.05, 3.63) is 89.2 Å². The van der Waals surface area contributed by atoms with Gasteiger partial charge < -0.3 is 20.5 Å². The van der Waals surface area contributed by atoms with Gasteiger partial charge in [0.05, 0.1) is 5.56 Å². The van der Waals surface area contributed by atoms with Crippen LogP contribution in [0, 0.1) is 5.82 Å². The first kappa shape index (κ1) is 21.6. The summed E-state index contributed by atoms with van der Waals surface area (Å²) in [6.45, 7) is 0.115. The predicted octanol–water partition coefficient (Wildman–Crippen LogP) is 4.53. The van der Waals surface area contributed by atoms with Crippen molar-refractivity contribution in [1.29, 1.82) is 0 Å². The number of carbonyl (C=O) groups excluding carboxylic acids is 2. The zero-order chi connectivity index (χ0) is 23.9. The second kappa shape index (κ2) is 8.30. The van der Waals surface area contributed by atoms with Gasteiger partial charge in [-0.15, -0.1) is 0 Å². The van der Waals surface area contributed by atoms with E-state index in [1.807, 2.05) is 48.5 Å². The van der Waals surface area contributed by atoms with Crippen molar-refractivity contribution in [1.82, 2.24) is 5.32 Å². The Morgan fingerprint density at radius 2 is 1.59 bits per heavy atom. The molecule has 3 N–H and O–H groups in total. The van der Waals surface area contributed by atoms with Crippen molar-refractivity contribution in [2.75, 3.05) is 11.9 Å². The third kappa shape index (κ3) is 3.98. The topological polar surface area (TPSA) is 105 Å². The molecule has 0 heterocycles. The van der Waals surface area contributed by atoms with Crippen molar-refractivity contribution < 1.29 is 28.6 Å². The molecule has 1 fully saturated rings. The van der Waals surface area contributed by atoms with Crippen LogP contribution in [0.1, 0.15) is 40.2 Å². The van der Waals surface area contributed by atoms with Gasteiger partial charge in [0.1, 0.15) is 18.0 Å². The highest BCUT2D eigenvalue weighted by atomic mass is 19.1. The van der Waals surface area contributed by atoms with E-state index in [1.54, 1.807) is 0 Å². The van der Waals surface area contributed by atoms with E-state index in [-0.39, 0.29) is 23.8 Å². The van der Waals surface area contributed by atoms with Crippen molar-refractivity contribution in [3.8, 4) is 11.1 Å². The van der Waals surface area contributed by atoms with Crippen LogP contribution in [0.3, 0.4) is 0 Å². The zero-order valence-corrected chi connectivity index (χ0v) is 18.0. The van der Waals surface area contributed by atoms with Gasteiger partial charge in [0.15, 0.2) is 0 Å². The molecule has 0 atom stereocenters. The molecule has 2 amide bonds. The minimum Gasteiger partial charge on any atom is -0.478 e. The number of rotatable bonds is 6. The molecule has 1 saturated carbocycles. The van der Waals surface area contributed by atoms with E-state index in [2.05, 4.69) is 10.6 Å². The minimum absolute atomic E-state index is 0.00279. The number of anilines is 1. The third-order valence-corrected chi connectivity index (χ3v) is 6.27. The van der Waals surface area contributed by atoms with Crippen LogP contribution in [-0.4, -0.2) is 35.2 Å². The molecule has 0 radical (unpaired) electrons. The third-order valence-electron chi connectivity index (χ3n) is 6.27. The largest absolute Gasteiger partial charge is 0.478 e. The van der Waals surface area contributed by atoms with Gasteiger partial charge in [0.2, 0.25) is 5.91 Å². The fourth-order valence-electron chi connectivity index (χ4n) is 4.40. The molecule has 0 saturated heterocycles. The Balaban J connectivity index is 1.24. The normalized spacial score (nSPS) is 15.1. The summed E-state index contributed by atoms with van der Waals surface area (Å²) in [6.07, 6.45) is 0.0637. The van der Waals surface area contributed by atoms with Gasteiger partial charge in [-0.1, -0.05) is 48.5 Å². The van der Waals surface area contributed by atoms with Crippen LogP contribution in [0.2, 0.25) is 0 Å². The number of fused-ring (bicyclic) bond motifs is 3. The molecule has 2 aliphatic rings. The summed E-state index contributed by atoms with van der Waals surface area (Å²) in [5, 5.41) is 14.2. The summed E-state index contributed by atoms with van der Waals surface area (Å²) in [7, 11) is 0. The number of ether oxygens (including phenoxy) is 1. The second-order valence-corrected chi connectivity index (χ2v) is 8.52. The number of carboxylic acids is 1. The van der Waals surface area contributed by atoms with E-state index >= 15 is 0 Å². The first-order valence-electron chi connectivity index (χ1n) is 10.8. The molecular weight excluding hydrogens is 439 g/mol. The Kier molecular flexibility index (Phi) is 5.28. The number of carboxylic acid groups (broad SMARTS) is 1. The SMILES string of the molecule is O=C(NC1(C(=O)Nc2cc(F)cc(C(=O)O)c2)CC1)OCC1c2ccccc2-c2ccccc21. The lowest BCUT2D eigenvalue weighted by atomic mass is 9.98. The molecule has 0 aromatic heterocycles. The molecule has 172 valence electrons. The van der Waals surface area contributed by atoms with E-state index < -0.39 is 29.3 Å². The molecule has 0 unspecified atom stereocenters. The lowest BCUT2D eigenvalue weighted by molar-refractivity contribution is -0.119. The summed E-state index contributed by atoms with van der Waals surface area (Å²) < 4.78 is 19.2. The van der Waals surface area contributed by atoms with Gasteiger partial charge in [-0.25, -0.2) is 14.0 Å². The second-order valence-electron chi connectivity index (χ2n) is 8.52. The lowest BCUT2D eigenvalue weighted by Crippen LogP contribution is -2.46. The first-order chi connectivity index (χ1) is 16.4. The monoisotopic (exact) mass is 460 g/mol. The van der Waals surface area contributed by atoms with Gasteiger partial charge in [0.25, 0.3) is 0 Å². The molecule has 34 heavy (non-hydrogen) atoms. The van der Waals surface area contributed by atoms with Crippen LogP contribution in [0.4, 0.5) is 14.9 Å². The maximum absolute atomic E-state index is 13.7. The van der Waals surface area contributed by atoms with Crippen molar-refractivity contribution >= 4 is 23.7 Å². The van der Waals surface area contributed by atoms with Crippen LogP contribution >= 0.6 is 0 Å². The van der Waals surface area contributed by atoms with Crippen LogP contribution in [0.5, 0.6) is 0 Å².